The molecule has 2 rings (SSSR count). The van der Waals surface area contributed by atoms with E-state index >= 15 is 0 Å². The van der Waals surface area contributed by atoms with E-state index in [2.05, 4.69) is 9.97 Å². The highest BCUT2D eigenvalue weighted by Crippen LogP contribution is 2.15. The number of ketones is 1. The van der Waals surface area contributed by atoms with Crippen molar-refractivity contribution in [2.75, 3.05) is 0 Å². The van der Waals surface area contributed by atoms with Crippen molar-refractivity contribution >= 4 is 29.6 Å². The van der Waals surface area contributed by atoms with Crippen LogP contribution in [0.15, 0.2) is 30.6 Å². The fourth-order valence-corrected chi connectivity index (χ4v) is 2.05. The van der Waals surface area contributed by atoms with Gasteiger partial charge in [-0.25, -0.2) is 0 Å². The van der Waals surface area contributed by atoms with Crippen LogP contribution < -0.4 is 0 Å². The van der Waals surface area contributed by atoms with Crippen molar-refractivity contribution in [3.8, 4) is 0 Å². The van der Waals surface area contributed by atoms with Gasteiger partial charge < -0.3 is 4.98 Å². The molecule has 5 heteroatoms. The summed E-state index contributed by atoms with van der Waals surface area (Å²) in [7, 11) is 0. The van der Waals surface area contributed by atoms with Crippen molar-refractivity contribution in [1.82, 2.24) is 9.97 Å². The number of carbonyl (C=O) groups is 1. The summed E-state index contributed by atoms with van der Waals surface area (Å²) >= 11 is 11.1. The Hall–Kier alpha value is -1.52. The second-order valence-electron chi connectivity index (χ2n) is 3.97. The smallest absolute Gasteiger partial charge is 0.187 e. The van der Waals surface area contributed by atoms with E-state index in [9.17, 15) is 4.79 Å². The molecule has 92 valence electrons. The molecule has 0 fully saturated rings. The van der Waals surface area contributed by atoms with Crippen molar-refractivity contribution in [3.05, 3.63) is 57.1 Å². The number of hydrogen-bond donors (Lipinski definition) is 1. The molecule has 0 aliphatic carbocycles. The SMILES string of the molecule is Cc1c[nH]c(=S)c(CC(=O)c2ncccc2Cl)c1. The van der Waals surface area contributed by atoms with E-state index < -0.39 is 0 Å². The zero-order valence-corrected chi connectivity index (χ0v) is 11.3. The molecule has 0 aliphatic rings. The molecule has 0 radical (unpaired) electrons. The van der Waals surface area contributed by atoms with Gasteiger partial charge in [-0.2, -0.15) is 0 Å². The number of aryl methyl sites for hydroxylation is 1. The maximum absolute atomic E-state index is 12.1. The van der Waals surface area contributed by atoms with Gasteiger partial charge in [-0.1, -0.05) is 29.9 Å². The van der Waals surface area contributed by atoms with Crippen LogP contribution in [0.1, 0.15) is 21.6 Å². The first kappa shape index (κ1) is 12.9. The first-order valence-electron chi connectivity index (χ1n) is 5.40. The highest BCUT2D eigenvalue weighted by molar-refractivity contribution is 7.71. The predicted octanol–water partition coefficient (Wildman–Crippen LogP) is 3.53. The average Bonchev–Trinajstić information content (AvgIpc) is 2.34. The molecule has 0 amide bonds. The van der Waals surface area contributed by atoms with E-state index in [0.29, 0.717) is 9.66 Å². The van der Waals surface area contributed by atoms with E-state index in [0.717, 1.165) is 11.1 Å². The molecular weight excluding hydrogens is 268 g/mol. The molecule has 0 bridgehead atoms. The fourth-order valence-electron chi connectivity index (χ4n) is 1.63. The lowest BCUT2D eigenvalue weighted by Gasteiger charge is -2.04. The van der Waals surface area contributed by atoms with Crippen LogP contribution in [0.2, 0.25) is 5.02 Å². The Balaban J connectivity index is 2.30. The number of hydrogen-bond acceptors (Lipinski definition) is 3. The van der Waals surface area contributed by atoms with Crippen molar-refractivity contribution in [2.24, 2.45) is 0 Å². The number of aromatic amines is 1. The van der Waals surface area contributed by atoms with Crippen molar-refractivity contribution in [2.45, 2.75) is 13.3 Å². The summed E-state index contributed by atoms with van der Waals surface area (Å²) in [5.41, 5.74) is 2.10. The van der Waals surface area contributed by atoms with Crippen LogP contribution >= 0.6 is 23.8 Å². The second-order valence-corrected chi connectivity index (χ2v) is 4.78. The summed E-state index contributed by atoms with van der Waals surface area (Å²) in [5, 5.41) is 0.366. The largest absolute Gasteiger partial charge is 0.352 e. The number of halogens is 1. The highest BCUT2D eigenvalue weighted by Gasteiger charge is 2.13. The number of nitrogens with one attached hydrogen (secondary N) is 1. The fraction of sp³-hybridized carbons (Fsp3) is 0.154. The number of Topliss-reactive ketones (excluding diaryl/α,β-unsaturated/α-hetero) is 1. The Morgan fingerprint density at radius 2 is 2.33 bits per heavy atom. The lowest BCUT2D eigenvalue weighted by atomic mass is 10.1. The standard InChI is InChI=1S/C13H11ClN2OS/c1-8-5-9(13(18)16-7-8)6-11(17)12-10(14)3-2-4-15-12/h2-5,7H,6H2,1H3,(H,16,18). The molecule has 2 aromatic rings. The first-order chi connectivity index (χ1) is 8.58. The number of pyridine rings is 2. The maximum atomic E-state index is 12.1. The Labute approximate surface area is 115 Å². The van der Waals surface area contributed by atoms with Crippen molar-refractivity contribution < 1.29 is 4.79 Å². The molecule has 18 heavy (non-hydrogen) atoms. The molecule has 3 nitrogen and oxygen atoms in total. The molecule has 0 saturated heterocycles. The van der Waals surface area contributed by atoms with Crippen LogP contribution in [-0.4, -0.2) is 15.8 Å². The molecule has 0 aromatic carbocycles. The summed E-state index contributed by atoms with van der Waals surface area (Å²) in [6.45, 7) is 1.94. The van der Waals surface area contributed by atoms with Crippen molar-refractivity contribution in [3.63, 3.8) is 0 Å². The molecule has 1 N–H and O–H groups in total. The van der Waals surface area contributed by atoms with Gasteiger partial charge in [-0.15, -0.1) is 0 Å². The Morgan fingerprint density at radius 1 is 1.56 bits per heavy atom. The van der Waals surface area contributed by atoms with Gasteiger partial charge in [0.2, 0.25) is 0 Å². The van der Waals surface area contributed by atoms with Gasteiger partial charge in [0, 0.05) is 18.8 Å². The number of H-pyrrole nitrogens is 1. The summed E-state index contributed by atoms with van der Waals surface area (Å²) in [4.78, 5) is 19.0. The summed E-state index contributed by atoms with van der Waals surface area (Å²) in [6, 6.07) is 5.24. The summed E-state index contributed by atoms with van der Waals surface area (Å²) in [6.07, 6.45) is 3.56. The predicted molar refractivity (Wildman–Crippen MR) is 73.6 cm³/mol. The minimum atomic E-state index is -0.134. The third-order valence-corrected chi connectivity index (χ3v) is 3.18. The lowest BCUT2D eigenvalue weighted by molar-refractivity contribution is 0.0988. The Kier molecular flexibility index (Phi) is 3.89. The van der Waals surface area contributed by atoms with E-state index in [-0.39, 0.29) is 17.9 Å². The normalized spacial score (nSPS) is 10.3. The van der Waals surface area contributed by atoms with E-state index in [4.69, 9.17) is 23.8 Å². The van der Waals surface area contributed by atoms with Gasteiger partial charge in [0.1, 0.15) is 10.3 Å². The van der Waals surface area contributed by atoms with Gasteiger partial charge in [0.15, 0.2) is 5.78 Å². The van der Waals surface area contributed by atoms with Gasteiger partial charge >= 0.3 is 0 Å². The minimum absolute atomic E-state index is 0.134. The molecule has 0 saturated carbocycles. The third kappa shape index (κ3) is 2.83. The molecule has 0 spiro atoms. The van der Waals surface area contributed by atoms with Gasteiger partial charge in [-0.05, 0) is 30.2 Å². The lowest BCUT2D eigenvalue weighted by Crippen LogP contribution is -2.07. The number of nitrogens with zero attached hydrogens (tertiary/aromatic N) is 1. The van der Waals surface area contributed by atoms with Crippen LogP contribution in [-0.2, 0) is 6.42 Å². The molecule has 2 heterocycles. The van der Waals surface area contributed by atoms with Crippen LogP contribution in [0.4, 0.5) is 0 Å². The zero-order chi connectivity index (χ0) is 13.1. The van der Waals surface area contributed by atoms with Crippen molar-refractivity contribution in [1.29, 1.82) is 0 Å². The zero-order valence-electron chi connectivity index (χ0n) is 9.74. The highest BCUT2D eigenvalue weighted by atomic mass is 35.5. The Morgan fingerprint density at radius 3 is 3.06 bits per heavy atom. The van der Waals surface area contributed by atoms with Crippen LogP contribution in [0.25, 0.3) is 0 Å². The minimum Gasteiger partial charge on any atom is -0.352 e. The quantitative estimate of drug-likeness (QED) is 0.690. The number of rotatable bonds is 3. The number of carbonyl (C=O) groups excluding carboxylic acids is 1. The molecule has 0 atom stereocenters. The molecule has 0 unspecified atom stereocenters. The molecule has 2 aromatic heterocycles. The van der Waals surface area contributed by atoms with Gasteiger partial charge in [-0.3, -0.25) is 9.78 Å². The second kappa shape index (κ2) is 5.42. The monoisotopic (exact) mass is 278 g/mol. The first-order valence-corrected chi connectivity index (χ1v) is 6.18. The van der Waals surface area contributed by atoms with Crippen LogP contribution in [0.3, 0.4) is 0 Å². The third-order valence-electron chi connectivity index (χ3n) is 2.50. The average molecular weight is 279 g/mol. The Bertz CT molecular complexity index is 651. The van der Waals surface area contributed by atoms with Crippen LogP contribution in [0, 0.1) is 11.6 Å². The topological polar surface area (TPSA) is 45.8 Å². The van der Waals surface area contributed by atoms with E-state index in [1.165, 1.54) is 0 Å². The van der Waals surface area contributed by atoms with E-state index in [1.807, 2.05) is 19.2 Å². The van der Waals surface area contributed by atoms with E-state index in [1.54, 1.807) is 18.3 Å². The maximum Gasteiger partial charge on any atom is 0.187 e. The molecular formula is C13H11ClN2OS. The summed E-state index contributed by atoms with van der Waals surface area (Å²) in [5.74, 6) is -0.134. The van der Waals surface area contributed by atoms with Crippen LogP contribution in [0.5, 0.6) is 0 Å². The number of aromatic nitrogens is 2. The molecule has 0 aliphatic heterocycles. The van der Waals surface area contributed by atoms with Gasteiger partial charge in [0.25, 0.3) is 0 Å². The van der Waals surface area contributed by atoms with Gasteiger partial charge in [0.05, 0.1) is 5.02 Å². The summed E-state index contributed by atoms with van der Waals surface area (Å²) < 4.78 is 0.570.